The summed E-state index contributed by atoms with van der Waals surface area (Å²) in [5, 5.41) is 16.4. The maximum atomic E-state index is 13.2. The zero-order valence-electron chi connectivity index (χ0n) is 17.3. The molecule has 158 valence electrons. The van der Waals surface area contributed by atoms with Crippen LogP contribution in [0.25, 0.3) is 0 Å². The Balaban J connectivity index is 1.50. The van der Waals surface area contributed by atoms with Crippen LogP contribution >= 0.6 is 0 Å². The number of hydroxylamine groups is 2. The molecule has 0 amide bonds. The molecule has 1 saturated heterocycles. The van der Waals surface area contributed by atoms with Crippen LogP contribution in [0, 0.1) is 5.21 Å². The van der Waals surface area contributed by atoms with Gasteiger partial charge in [-0.1, -0.05) is 12.1 Å². The molecule has 1 N–H and O–H groups in total. The van der Waals surface area contributed by atoms with Crippen LogP contribution in [-0.4, -0.2) is 60.4 Å². The molecule has 29 heavy (non-hydrogen) atoms. The number of quaternary nitrogens is 1. The van der Waals surface area contributed by atoms with E-state index in [1.807, 2.05) is 24.3 Å². The Hall–Kier alpha value is -2.62. The lowest BCUT2D eigenvalue weighted by Crippen LogP contribution is -2.57. The van der Waals surface area contributed by atoms with Gasteiger partial charge in [0.05, 0.1) is 20.2 Å². The molecule has 1 aromatic heterocycles. The van der Waals surface area contributed by atoms with Crippen LogP contribution < -0.4 is 25.9 Å². The van der Waals surface area contributed by atoms with E-state index in [2.05, 4.69) is 10.2 Å². The summed E-state index contributed by atoms with van der Waals surface area (Å²) in [7, 11) is 4.69. The second-order valence-electron chi connectivity index (χ2n) is 7.40. The van der Waals surface area contributed by atoms with Crippen molar-refractivity contribution in [3.8, 4) is 5.75 Å². The summed E-state index contributed by atoms with van der Waals surface area (Å²) in [5.41, 5.74) is 0.00680. The van der Waals surface area contributed by atoms with Gasteiger partial charge in [-0.05, 0) is 12.5 Å². The Bertz CT molecular complexity index is 960. The molecule has 1 aromatic carbocycles. The van der Waals surface area contributed by atoms with E-state index in [4.69, 9.17) is 4.74 Å². The van der Waals surface area contributed by atoms with E-state index in [0.29, 0.717) is 50.0 Å². The van der Waals surface area contributed by atoms with E-state index in [-0.39, 0.29) is 15.9 Å². The van der Waals surface area contributed by atoms with Gasteiger partial charge < -0.3 is 19.9 Å². The largest absolute Gasteiger partial charge is 0.627 e. The Morgan fingerprint density at radius 1 is 1.14 bits per heavy atom. The molecule has 1 aliphatic rings. The van der Waals surface area contributed by atoms with Gasteiger partial charge in [-0.2, -0.15) is 0 Å². The highest BCUT2D eigenvalue weighted by molar-refractivity contribution is 5.56. The van der Waals surface area contributed by atoms with Gasteiger partial charge in [0.1, 0.15) is 5.82 Å². The Morgan fingerprint density at radius 2 is 1.83 bits per heavy atom. The molecule has 9 nitrogen and oxygen atoms in total. The maximum Gasteiger partial charge on any atom is 0.332 e. The smallest absolute Gasteiger partial charge is 0.332 e. The number of anilines is 1. The summed E-state index contributed by atoms with van der Waals surface area (Å²) in [6, 6.07) is 8.85. The van der Waals surface area contributed by atoms with Crippen molar-refractivity contribution in [2.75, 3.05) is 51.7 Å². The zero-order valence-corrected chi connectivity index (χ0v) is 17.3. The minimum atomic E-state index is -0.367. The van der Waals surface area contributed by atoms with Crippen molar-refractivity contribution in [2.24, 2.45) is 14.1 Å². The highest BCUT2D eigenvalue weighted by Gasteiger charge is 2.29. The average molecular weight is 403 g/mol. The number of ether oxygens (including phenoxy) is 1. The average Bonchev–Trinajstić information content (AvgIpc) is 2.74. The zero-order chi connectivity index (χ0) is 21.0. The molecule has 0 aliphatic carbocycles. The molecular formula is C20H29N5O4. The summed E-state index contributed by atoms with van der Waals surface area (Å²) in [6.07, 6.45) is 0.844. The number of rotatable bonds is 7. The van der Waals surface area contributed by atoms with Crippen LogP contribution in [0.15, 0.2) is 39.9 Å². The van der Waals surface area contributed by atoms with Crippen LogP contribution in [0.3, 0.4) is 0 Å². The molecule has 0 bridgehead atoms. The summed E-state index contributed by atoms with van der Waals surface area (Å²) in [5.74, 6) is 1.16. The molecule has 3 rings (SSSR count). The Labute approximate surface area is 169 Å². The molecule has 0 saturated carbocycles. The molecule has 0 unspecified atom stereocenters. The van der Waals surface area contributed by atoms with Crippen molar-refractivity contribution >= 4 is 11.5 Å². The lowest BCUT2D eigenvalue weighted by atomic mass is 10.2. The number of para-hydroxylation sites is 2. The summed E-state index contributed by atoms with van der Waals surface area (Å²) < 4.78 is 7.50. The molecule has 0 spiro atoms. The van der Waals surface area contributed by atoms with Crippen LogP contribution in [0.2, 0.25) is 0 Å². The highest BCUT2D eigenvalue weighted by atomic mass is 16.6. The third-order valence-electron chi connectivity index (χ3n) is 5.56. The maximum absolute atomic E-state index is 13.2. The van der Waals surface area contributed by atoms with Gasteiger partial charge in [0.15, 0.2) is 11.4 Å². The summed E-state index contributed by atoms with van der Waals surface area (Å²) >= 11 is 0. The van der Waals surface area contributed by atoms with E-state index in [9.17, 15) is 14.8 Å². The third-order valence-corrected chi connectivity index (χ3v) is 5.56. The number of hydrogen-bond donors (Lipinski definition) is 1. The normalized spacial score (nSPS) is 16.6. The van der Waals surface area contributed by atoms with Crippen molar-refractivity contribution in [1.82, 2.24) is 18.7 Å². The number of nitrogens with zero attached hydrogens (tertiary/aromatic N) is 4. The van der Waals surface area contributed by atoms with Gasteiger partial charge in [-0.3, -0.25) is 18.8 Å². The van der Waals surface area contributed by atoms with E-state index in [1.54, 1.807) is 14.2 Å². The van der Waals surface area contributed by atoms with Gasteiger partial charge in [0, 0.05) is 52.4 Å². The van der Waals surface area contributed by atoms with E-state index in [0.717, 1.165) is 17.5 Å². The summed E-state index contributed by atoms with van der Waals surface area (Å²) in [6.45, 7) is 3.88. The quantitative estimate of drug-likeness (QED) is 0.416. The van der Waals surface area contributed by atoms with Crippen LogP contribution in [0.4, 0.5) is 11.5 Å². The van der Waals surface area contributed by atoms with Gasteiger partial charge in [0.25, 0.3) is 5.56 Å². The number of methoxy groups -OCH3 is 1. The monoisotopic (exact) mass is 403 g/mol. The van der Waals surface area contributed by atoms with Gasteiger partial charge in [-0.15, -0.1) is 0 Å². The number of nitrogens with one attached hydrogen (secondary N) is 1. The van der Waals surface area contributed by atoms with E-state index < -0.39 is 0 Å². The second-order valence-corrected chi connectivity index (χ2v) is 7.40. The van der Waals surface area contributed by atoms with Crippen LogP contribution in [0.5, 0.6) is 5.75 Å². The Kier molecular flexibility index (Phi) is 6.41. The van der Waals surface area contributed by atoms with Crippen molar-refractivity contribution in [3.63, 3.8) is 0 Å². The molecule has 2 heterocycles. The molecule has 2 aromatic rings. The predicted molar refractivity (Wildman–Crippen MR) is 114 cm³/mol. The lowest BCUT2D eigenvalue weighted by molar-refractivity contribution is 0.167. The molecule has 9 heteroatoms. The molecule has 0 radical (unpaired) electrons. The van der Waals surface area contributed by atoms with E-state index in [1.165, 1.54) is 17.7 Å². The van der Waals surface area contributed by atoms with Crippen molar-refractivity contribution < 1.29 is 4.74 Å². The molecule has 1 fully saturated rings. The number of benzene rings is 1. The van der Waals surface area contributed by atoms with Crippen molar-refractivity contribution in [3.05, 3.63) is 56.4 Å². The van der Waals surface area contributed by atoms with Gasteiger partial charge >= 0.3 is 5.69 Å². The SMILES string of the molecule is COc1ccccc1[N+]1([O-])CCN(CCCNc2cc(=O)n(C)c(=O)n2C)CC1. The minimum Gasteiger partial charge on any atom is -0.627 e. The lowest BCUT2D eigenvalue weighted by Gasteiger charge is -2.48. The molecular weight excluding hydrogens is 374 g/mol. The predicted octanol–water partition coefficient (Wildman–Crippen LogP) is 0.716. The van der Waals surface area contributed by atoms with Gasteiger partial charge in [-0.25, -0.2) is 4.79 Å². The first-order chi connectivity index (χ1) is 13.9. The van der Waals surface area contributed by atoms with Gasteiger partial charge in [0.2, 0.25) is 0 Å². The van der Waals surface area contributed by atoms with Crippen LogP contribution in [-0.2, 0) is 14.1 Å². The highest BCUT2D eigenvalue weighted by Crippen LogP contribution is 2.33. The number of aromatic nitrogens is 2. The standard InChI is InChI=1S/C20H29N5O4/c1-22-18(15-19(26)23(2)20(22)27)21-9-6-10-24-11-13-25(28,14-12-24)16-7-4-5-8-17(16)29-3/h4-5,7-8,15,21H,6,9-14H2,1-3H3. The minimum absolute atomic E-state index is 0.326. The fourth-order valence-electron chi connectivity index (χ4n) is 3.68. The van der Waals surface area contributed by atoms with Crippen molar-refractivity contribution in [2.45, 2.75) is 6.42 Å². The third kappa shape index (κ3) is 4.52. The first-order valence-electron chi connectivity index (χ1n) is 9.81. The fraction of sp³-hybridized carbons (Fsp3) is 0.500. The first kappa shape index (κ1) is 21.1. The topological polar surface area (TPSA) is 91.6 Å². The number of hydrogen-bond acceptors (Lipinski definition) is 6. The fourth-order valence-corrected chi connectivity index (χ4v) is 3.68. The molecule has 0 atom stereocenters. The number of piperazine rings is 1. The Morgan fingerprint density at radius 3 is 2.52 bits per heavy atom. The van der Waals surface area contributed by atoms with Crippen molar-refractivity contribution in [1.29, 1.82) is 0 Å². The summed E-state index contributed by atoms with van der Waals surface area (Å²) in [4.78, 5) is 26.0. The molecule has 1 aliphatic heterocycles. The van der Waals surface area contributed by atoms with E-state index >= 15 is 0 Å². The van der Waals surface area contributed by atoms with Crippen LogP contribution in [0.1, 0.15) is 6.42 Å². The second kappa shape index (κ2) is 8.81. The first-order valence-corrected chi connectivity index (χ1v) is 9.81.